The van der Waals surface area contributed by atoms with Crippen molar-refractivity contribution in [2.45, 2.75) is 19.5 Å². The smallest absolute Gasteiger partial charge is 0.253 e. The number of halogens is 1. The molecule has 0 spiro atoms. The molecule has 5 nitrogen and oxygen atoms in total. The molecule has 4 rings (SSSR count). The largest absolute Gasteiger partial charge is 0.497 e. The predicted octanol–water partition coefficient (Wildman–Crippen LogP) is 5.24. The highest BCUT2D eigenvalue weighted by molar-refractivity contribution is 6.33. The highest BCUT2D eigenvalue weighted by Gasteiger charge is 2.20. The van der Waals surface area contributed by atoms with Crippen molar-refractivity contribution in [1.82, 2.24) is 14.9 Å². The van der Waals surface area contributed by atoms with Crippen molar-refractivity contribution in [3.8, 4) is 5.75 Å². The standard InChI is InChI=1S/C24H22ClN3O2/c1-16(26-24(29)19-7-3-4-8-20(19)25)23-27-21-9-5-6-10-22(21)28(23)15-17-11-13-18(30-2)14-12-17/h3-14,16H,15H2,1-2H3,(H,26,29). The predicted molar refractivity (Wildman–Crippen MR) is 119 cm³/mol. The lowest BCUT2D eigenvalue weighted by molar-refractivity contribution is 0.0938. The Morgan fingerprint density at radius 2 is 1.77 bits per heavy atom. The highest BCUT2D eigenvalue weighted by atomic mass is 35.5. The van der Waals surface area contributed by atoms with Gasteiger partial charge in [-0.1, -0.05) is 48.0 Å². The van der Waals surface area contributed by atoms with Gasteiger partial charge in [0.15, 0.2) is 0 Å². The molecule has 152 valence electrons. The first-order chi connectivity index (χ1) is 14.6. The molecule has 3 aromatic carbocycles. The summed E-state index contributed by atoms with van der Waals surface area (Å²) in [5.74, 6) is 1.37. The number of ether oxygens (including phenoxy) is 1. The highest BCUT2D eigenvalue weighted by Crippen LogP contribution is 2.24. The number of aromatic nitrogens is 2. The lowest BCUT2D eigenvalue weighted by Gasteiger charge is -2.17. The van der Waals surface area contributed by atoms with Crippen LogP contribution < -0.4 is 10.1 Å². The van der Waals surface area contributed by atoms with Gasteiger partial charge in [0.25, 0.3) is 5.91 Å². The van der Waals surface area contributed by atoms with Crippen LogP contribution in [0, 0.1) is 0 Å². The van der Waals surface area contributed by atoms with Crippen molar-refractivity contribution in [1.29, 1.82) is 0 Å². The first-order valence-electron chi connectivity index (χ1n) is 9.70. The number of amides is 1. The minimum absolute atomic E-state index is 0.226. The number of nitrogens with zero attached hydrogens (tertiary/aromatic N) is 2. The molecular weight excluding hydrogens is 398 g/mol. The molecule has 1 unspecified atom stereocenters. The molecule has 0 aliphatic heterocycles. The third-order valence-corrected chi connectivity index (χ3v) is 5.37. The molecule has 1 N–H and O–H groups in total. The van der Waals surface area contributed by atoms with Gasteiger partial charge in [-0.05, 0) is 48.9 Å². The van der Waals surface area contributed by atoms with Crippen LogP contribution in [0.2, 0.25) is 5.02 Å². The van der Waals surface area contributed by atoms with E-state index in [2.05, 4.69) is 9.88 Å². The quantitative estimate of drug-likeness (QED) is 0.465. The van der Waals surface area contributed by atoms with Crippen LogP contribution in [0.4, 0.5) is 0 Å². The normalized spacial score (nSPS) is 12.0. The number of rotatable bonds is 6. The number of para-hydroxylation sites is 2. The van der Waals surface area contributed by atoms with E-state index in [1.54, 1.807) is 31.4 Å². The third kappa shape index (κ3) is 4.02. The van der Waals surface area contributed by atoms with E-state index in [-0.39, 0.29) is 11.9 Å². The summed E-state index contributed by atoms with van der Waals surface area (Å²) in [4.78, 5) is 17.6. The SMILES string of the molecule is COc1ccc(Cn2c(C(C)NC(=O)c3ccccc3Cl)nc3ccccc32)cc1. The second-order valence-electron chi connectivity index (χ2n) is 7.07. The van der Waals surface area contributed by atoms with Gasteiger partial charge in [-0.25, -0.2) is 4.98 Å². The van der Waals surface area contributed by atoms with Crippen LogP contribution in [0.1, 0.15) is 34.7 Å². The maximum atomic E-state index is 12.8. The van der Waals surface area contributed by atoms with Crippen LogP contribution in [0.15, 0.2) is 72.8 Å². The average Bonchev–Trinajstić information content (AvgIpc) is 3.13. The van der Waals surface area contributed by atoms with E-state index < -0.39 is 0 Å². The van der Waals surface area contributed by atoms with E-state index in [9.17, 15) is 4.79 Å². The lowest BCUT2D eigenvalue weighted by atomic mass is 10.2. The number of methoxy groups -OCH3 is 1. The van der Waals surface area contributed by atoms with Crippen LogP contribution in [0.5, 0.6) is 5.75 Å². The second kappa shape index (κ2) is 8.59. The van der Waals surface area contributed by atoms with Gasteiger partial charge in [0.05, 0.1) is 34.8 Å². The number of imidazole rings is 1. The van der Waals surface area contributed by atoms with E-state index in [0.29, 0.717) is 17.1 Å². The molecule has 0 bridgehead atoms. The van der Waals surface area contributed by atoms with E-state index in [1.165, 1.54) is 0 Å². The molecular formula is C24H22ClN3O2. The summed E-state index contributed by atoms with van der Waals surface area (Å²) in [5.41, 5.74) is 3.47. The Kier molecular flexibility index (Phi) is 5.72. The van der Waals surface area contributed by atoms with Gasteiger partial charge in [0.1, 0.15) is 11.6 Å². The Hall–Kier alpha value is -3.31. The number of fused-ring (bicyclic) bond motifs is 1. The van der Waals surface area contributed by atoms with Crippen molar-refractivity contribution in [2.75, 3.05) is 7.11 Å². The van der Waals surface area contributed by atoms with E-state index >= 15 is 0 Å². The fourth-order valence-electron chi connectivity index (χ4n) is 3.49. The van der Waals surface area contributed by atoms with Crippen molar-refractivity contribution >= 4 is 28.5 Å². The maximum Gasteiger partial charge on any atom is 0.253 e. The first-order valence-corrected chi connectivity index (χ1v) is 10.1. The van der Waals surface area contributed by atoms with Crippen LogP contribution >= 0.6 is 11.6 Å². The summed E-state index contributed by atoms with van der Waals surface area (Å²) in [5, 5.41) is 3.46. The lowest BCUT2D eigenvalue weighted by Crippen LogP contribution is -2.29. The summed E-state index contributed by atoms with van der Waals surface area (Å²) >= 11 is 6.18. The molecule has 4 aromatic rings. The zero-order valence-electron chi connectivity index (χ0n) is 16.8. The van der Waals surface area contributed by atoms with Gasteiger partial charge >= 0.3 is 0 Å². The van der Waals surface area contributed by atoms with Crippen LogP contribution in [0.25, 0.3) is 11.0 Å². The second-order valence-corrected chi connectivity index (χ2v) is 7.48. The number of hydrogen-bond donors (Lipinski definition) is 1. The van der Waals surface area contributed by atoms with Crippen molar-refractivity contribution < 1.29 is 9.53 Å². The summed E-state index contributed by atoms with van der Waals surface area (Å²) in [6.07, 6.45) is 0. The summed E-state index contributed by atoms with van der Waals surface area (Å²) < 4.78 is 7.39. The number of nitrogens with one attached hydrogen (secondary N) is 1. The molecule has 0 saturated carbocycles. The fourth-order valence-corrected chi connectivity index (χ4v) is 3.71. The number of benzene rings is 3. The molecule has 0 saturated heterocycles. The van der Waals surface area contributed by atoms with Gasteiger partial charge in [0, 0.05) is 6.54 Å². The van der Waals surface area contributed by atoms with Crippen LogP contribution in [0.3, 0.4) is 0 Å². The number of hydrogen-bond acceptors (Lipinski definition) is 3. The monoisotopic (exact) mass is 419 g/mol. The van der Waals surface area contributed by atoms with Gasteiger partial charge in [-0.2, -0.15) is 0 Å². The summed E-state index contributed by atoms with van der Waals surface area (Å²) in [6, 6.07) is 22.6. The van der Waals surface area contributed by atoms with Gasteiger partial charge in [-0.15, -0.1) is 0 Å². The molecule has 1 heterocycles. The van der Waals surface area contributed by atoms with Crippen molar-refractivity contribution in [3.63, 3.8) is 0 Å². The van der Waals surface area contributed by atoms with Gasteiger partial charge in [0.2, 0.25) is 0 Å². The molecule has 1 aromatic heterocycles. The molecule has 0 aliphatic rings. The van der Waals surface area contributed by atoms with Crippen LogP contribution in [-0.2, 0) is 6.54 Å². The van der Waals surface area contributed by atoms with E-state index in [4.69, 9.17) is 21.3 Å². The van der Waals surface area contributed by atoms with Gasteiger partial charge in [-0.3, -0.25) is 4.79 Å². The molecule has 0 radical (unpaired) electrons. The Morgan fingerprint density at radius 1 is 1.07 bits per heavy atom. The van der Waals surface area contributed by atoms with Crippen molar-refractivity contribution in [2.24, 2.45) is 0 Å². The summed E-state index contributed by atoms with van der Waals surface area (Å²) in [6.45, 7) is 2.56. The Balaban J connectivity index is 1.66. The molecule has 0 aliphatic carbocycles. The van der Waals surface area contributed by atoms with E-state index in [1.807, 2.05) is 55.5 Å². The van der Waals surface area contributed by atoms with Crippen LogP contribution in [-0.4, -0.2) is 22.6 Å². The topological polar surface area (TPSA) is 56.1 Å². The first kappa shape index (κ1) is 20.0. The Labute approximate surface area is 180 Å². The third-order valence-electron chi connectivity index (χ3n) is 5.04. The fraction of sp³-hybridized carbons (Fsp3) is 0.167. The average molecular weight is 420 g/mol. The van der Waals surface area contributed by atoms with Crippen molar-refractivity contribution in [3.05, 3.63) is 94.8 Å². The zero-order chi connectivity index (χ0) is 21.1. The Bertz CT molecular complexity index is 1180. The molecule has 6 heteroatoms. The van der Waals surface area contributed by atoms with E-state index in [0.717, 1.165) is 28.2 Å². The minimum atomic E-state index is -0.306. The molecule has 1 amide bonds. The minimum Gasteiger partial charge on any atom is -0.497 e. The molecule has 0 fully saturated rings. The maximum absolute atomic E-state index is 12.8. The molecule has 30 heavy (non-hydrogen) atoms. The molecule has 1 atom stereocenters. The summed E-state index contributed by atoms with van der Waals surface area (Å²) in [7, 11) is 1.65. The zero-order valence-corrected chi connectivity index (χ0v) is 17.6. The number of carbonyl (C=O) groups is 1. The van der Waals surface area contributed by atoms with Gasteiger partial charge < -0.3 is 14.6 Å². The Morgan fingerprint density at radius 3 is 2.50 bits per heavy atom. The number of carbonyl (C=O) groups excluding carboxylic acids is 1.